The Morgan fingerprint density at radius 2 is 2.08 bits per heavy atom. The van der Waals surface area contributed by atoms with Crippen LogP contribution in [0.4, 0.5) is 14.7 Å². The normalized spacial score (nSPS) is 12.2. The van der Waals surface area contributed by atoms with E-state index in [4.69, 9.17) is 4.52 Å². The van der Waals surface area contributed by atoms with Crippen LogP contribution in [0.3, 0.4) is 0 Å². The van der Waals surface area contributed by atoms with Gasteiger partial charge in [-0.05, 0) is 31.2 Å². The molecule has 25 heavy (non-hydrogen) atoms. The molecule has 0 aliphatic heterocycles. The minimum Gasteiger partial charge on any atom is -0.435 e. The lowest BCUT2D eigenvalue weighted by atomic mass is 10.1. The molecule has 130 valence electrons. The number of rotatable bonds is 6. The highest BCUT2D eigenvalue weighted by Gasteiger charge is 2.18. The van der Waals surface area contributed by atoms with Crippen molar-refractivity contribution < 1.29 is 22.8 Å². The Hall–Kier alpha value is -3.30. The predicted molar refractivity (Wildman–Crippen MR) is 81.9 cm³/mol. The topological polar surface area (TPSA) is 95.1 Å². The Balaban J connectivity index is 1.67. The quantitative estimate of drug-likeness (QED) is 0.735. The number of benzene rings is 1. The van der Waals surface area contributed by atoms with Crippen molar-refractivity contribution >= 4 is 11.8 Å². The number of aromatic nitrogens is 4. The summed E-state index contributed by atoms with van der Waals surface area (Å²) in [7, 11) is 0. The highest BCUT2D eigenvalue weighted by Crippen LogP contribution is 2.25. The number of alkyl halides is 2. The number of carbonyl (C=O) groups is 1. The van der Waals surface area contributed by atoms with Crippen LogP contribution in [0.1, 0.15) is 13.0 Å². The molecule has 0 bridgehead atoms. The third kappa shape index (κ3) is 3.97. The Morgan fingerprint density at radius 3 is 2.72 bits per heavy atom. The summed E-state index contributed by atoms with van der Waals surface area (Å²) < 4.78 is 35.0. The van der Waals surface area contributed by atoms with Crippen molar-refractivity contribution in [3.63, 3.8) is 0 Å². The predicted octanol–water partition coefficient (Wildman–Crippen LogP) is 2.73. The molecule has 0 saturated carbocycles. The molecule has 0 spiro atoms. The van der Waals surface area contributed by atoms with Crippen LogP contribution in [0.5, 0.6) is 5.75 Å². The molecule has 0 radical (unpaired) electrons. The van der Waals surface area contributed by atoms with Crippen LogP contribution in [0.15, 0.2) is 47.5 Å². The first-order chi connectivity index (χ1) is 12.0. The number of anilines is 1. The molecule has 1 amide bonds. The van der Waals surface area contributed by atoms with Crippen molar-refractivity contribution in [2.75, 3.05) is 5.32 Å². The minimum absolute atomic E-state index is 0.0393. The zero-order chi connectivity index (χ0) is 17.8. The van der Waals surface area contributed by atoms with Crippen molar-refractivity contribution in [2.24, 2.45) is 0 Å². The van der Waals surface area contributed by atoms with Crippen LogP contribution in [0, 0.1) is 0 Å². The van der Waals surface area contributed by atoms with Gasteiger partial charge in [-0.25, -0.2) is 9.67 Å². The van der Waals surface area contributed by atoms with Gasteiger partial charge in [-0.15, -0.1) is 0 Å². The van der Waals surface area contributed by atoms with Crippen molar-refractivity contribution in [1.82, 2.24) is 19.9 Å². The van der Waals surface area contributed by atoms with E-state index >= 15 is 0 Å². The molecule has 2 aromatic heterocycles. The van der Waals surface area contributed by atoms with E-state index in [9.17, 15) is 13.6 Å². The summed E-state index contributed by atoms with van der Waals surface area (Å²) >= 11 is 0. The van der Waals surface area contributed by atoms with E-state index in [1.54, 1.807) is 19.1 Å². The molecule has 0 fully saturated rings. The van der Waals surface area contributed by atoms with Gasteiger partial charge in [-0.2, -0.15) is 13.9 Å². The van der Waals surface area contributed by atoms with Crippen LogP contribution < -0.4 is 10.1 Å². The number of halogens is 2. The van der Waals surface area contributed by atoms with E-state index in [1.807, 2.05) is 0 Å². The standard InChI is InChI=1S/C15H13F2N5O3/c1-9(22-8-18-7-19-22)14(23)20-13-6-12(21-25-13)10-2-4-11(5-3-10)24-15(16)17/h2-9,15H,1H3,(H,20,23). The van der Waals surface area contributed by atoms with E-state index in [0.29, 0.717) is 11.3 Å². The van der Waals surface area contributed by atoms with Gasteiger partial charge in [0.05, 0.1) is 0 Å². The van der Waals surface area contributed by atoms with Crippen molar-refractivity contribution in [2.45, 2.75) is 19.6 Å². The minimum atomic E-state index is -2.88. The Bertz CT molecular complexity index is 833. The first-order valence-electron chi connectivity index (χ1n) is 7.20. The molecule has 1 atom stereocenters. The third-order valence-electron chi connectivity index (χ3n) is 3.34. The van der Waals surface area contributed by atoms with Gasteiger partial charge in [-0.3, -0.25) is 10.1 Å². The van der Waals surface area contributed by atoms with Gasteiger partial charge >= 0.3 is 6.61 Å². The van der Waals surface area contributed by atoms with E-state index in [2.05, 4.69) is 25.3 Å². The van der Waals surface area contributed by atoms with Crippen LogP contribution in [-0.2, 0) is 4.79 Å². The molecule has 0 aliphatic rings. The summed E-state index contributed by atoms with van der Waals surface area (Å²) in [5.74, 6) is -0.161. The van der Waals surface area contributed by atoms with Crippen LogP contribution in [0.25, 0.3) is 11.3 Å². The maximum Gasteiger partial charge on any atom is 0.387 e. The second-order valence-electron chi connectivity index (χ2n) is 5.02. The Kier molecular flexibility index (Phi) is 4.68. The lowest BCUT2D eigenvalue weighted by Crippen LogP contribution is -2.23. The average Bonchev–Trinajstić information content (AvgIpc) is 3.26. The summed E-state index contributed by atoms with van der Waals surface area (Å²) in [5.41, 5.74) is 1.06. The molecule has 1 N–H and O–H groups in total. The van der Waals surface area contributed by atoms with Crippen LogP contribution in [-0.4, -0.2) is 32.4 Å². The second kappa shape index (κ2) is 7.07. The number of ether oxygens (including phenoxy) is 1. The lowest BCUT2D eigenvalue weighted by molar-refractivity contribution is -0.119. The Morgan fingerprint density at radius 1 is 1.32 bits per heavy atom. The first-order valence-corrected chi connectivity index (χ1v) is 7.20. The van der Waals surface area contributed by atoms with Crippen molar-refractivity contribution in [3.05, 3.63) is 43.0 Å². The number of nitrogens with zero attached hydrogens (tertiary/aromatic N) is 4. The number of amides is 1. The molecular formula is C15H13F2N5O3. The summed E-state index contributed by atoms with van der Waals surface area (Å²) in [4.78, 5) is 15.9. The van der Waals surface area contributed by atoms with Gasteiger partial charge in [0, 0.05) is 11.6 Å². The van der Waals surface area contributed by atoms with Gasteiger partial charge in [0.25, 0.3) is 5.91 Å². The SMILES string of the molecule is CC(C(=O)Nc1cc(-c2ccc(OC(F)F)cc2)no1)n1cncn1. The first kappa shape index (κ1) is 16.6. The molecule has 10 heteroatoms. The zero-order valence-electron chi connectivity index (χ0n) is 13.0. The van der Waals surface area contributed by atoms with E-state index < -0.39 is 12.7 Å². The molecule has 8 nitrogen and oxygen atoms in total. The maximum atomic E-state index is 12.1. The fraction of sp³-hybridized carbons (Fsp3) is 0.200. The summed E-state index contributed by atoms with van der Waals surface area (Å²) in [6.07, 6.45) is 2.76. The second-order valence-corrected chi connectivity index (χ2v) is 5.02. The van der Waals surface area contributed by atoms with E-state index in [1.165, 1.54) is 35.5 Å². The van der Waals surface area contributed by atoms with Crippen molar-refractivity contribution in [1.29, 1.82) is 0 Å². The molecule has 3 aromatic rings. The summed E-state index contributed by atoms with van der Waals surface area (Å²) in [6.45, 7) is -1.23. The molecular weight excluding hydrogens is 336 g/mol. The smallest absolute Gasteiger partial charge is 0.387 e. The fourth-order valence-corrected chi connectivity index (χ4v) is 2.04. The van der Waals surface area contributed by atoms with Gasteiger partial charge in [0.2, 0.25) is 5.88 Å². The van der Waals surface area contributed by atoms with Crippen molar-refractivity contribution in [3.8, 4) is 17.0 Å². The highest BCUT2D eigenvalue weighted by atomic mass is 19.3. The fourth-order valence-electron chi connectivity index (χ4n) is 2.04. The third-order valence-corrected chi connectivity index (χ3v) is 3.34. The van der Waals surface area contributed by atoms with Gasteiger partial charge < -0.3 is 9.26 Å². The zero-order valence-corrected chi connectivity index (χ0v) is 13.0. The number of hydrogen-bond donors (Lipinski definition) is 1. The number of nitrogens with one attached hydrogen (secondary N) is 1. The van der Waals surface area contributed by atoms with Gasteiger partial charge in [-0.1, -0.05) is 5.16 Å². The van der Waals surface area contributed by atoms with E-state index in [-0.39, 0.29) is 17.5 Å². The number of hydrogen-bond acceptors (Lipinski definition) is 6. The largest absolute Gasteiger partial charge is 0.435 e. The molecule has 1 aromatic carbocycles. The lowest BCUT2D eigenvalue weighted by Gasteiger charge is -2.09. The molecule has 2 heterocycles. The summed E-state index contributed by atoms with van der Waals surface area (Å²) in [5, 5.41) is 10.3. The van der Waals surface area contributed by atoms with Gasteiger partial charge in [0.15, 0.2) is 0 Å². The maximum absolute atomic E-state index is 12.1. The molecule has 0 aliphatic carbocycles. The number of carbonyl (C=O) groups excluding carboxylic acids is 1. The molecule has 3 rings (SSSR count). The average molecular weight is 349 g/mol. The van der Waals surface area contributed by atoms with Crippen LogP contribution in [0.2, 0.25) is 0 Å². The molecule has 1 unspecified atom stereocenters. The van der Waals surface area contributed by atoms with E-state index in [0.717, 1.165) is 0 Å². The summed E-state index contributed by atoms with van der Waals surface area (Å²) in [6, 6.07) is 6.83. The van der Waals surface area contributed by atoms with Crippen LogP contribution >= 0.6 is 0 Å². The highest BCUT2D eigenvalue weighted by molar-refractivity contribution is 5.92. The monoisotopic (exact) mass is 349 g/mol. The Labute approximate surface area is 140 Å². The molecule has 0 saturated heterocycles. The van der Waals surface area contributed by atoms with Gasteiger partial charge in [0.1, 0.15) is 30.1 Å².